The van der Waals surface area contributed by atoms with Crippen LogP contribution in [-0.2, 0) is 0 Å². The van der Waals surface area contributed by atoms with Crippen molar-refractivity contribution in [2.45, 2.75) is 0 Å². The maximum absolute atomic E-state index is 8.36. The highest BCUT2D eigenvalue weighted by Crippen LogP contribution is 1.38. The predicted octanol–water partition coefficient (Wildman–Crippen LogP) is -5.69. The summed E-state index contributed by atoms with van der Waals surface area (Å²) in [6.45, 7) is 0. The maximum atomic E-state index is 8.36. The minimum Gasteiger partial charge on any atom is -0.412 e. The van der Waals surface area contributed by atoms with Crippen LogP contribution in [0.15, 0.2) is 0 Å². The standard InChI is InChI=1S/CH4O.HNO3.6H2O/c1-2;2-1(3)4;;;;;;/h2H,1H3;(H,2,3,4);6*1H2. The first kappa shape index (κ1) is 126. The number of hydrogen-bond donors (Lipinski definition) is 2. The molecule has 86 valence electrons. The van der Waals surface area contributed by atoms with E-state index in [0.717, 1.165) is 7.11 Å². The number of rotatable bonds is 0. The predicted molar refractivity (Wildman–Crippen MR) is 38.6 cm³/mol. The number of nitrogens with zero attached hydrogens (tertiary/aromatic N) is 1. The lowest BCUT2D eigenvalue weighted by molar-refractivity contribution is -0.742. The summed E-state index contributed by atoms with van der Waals surface area (Å²) in [5.41, 5.74) is 0. The third-order valence-electron chi connectivity index (χ3n) is 0. The van der Waals surface area contributed by atoms with E-state index in [9.17, 15) is 0 Å². The van der Waals surface area contributed by atoms with Gasteiger partial charge >= 0.3 is 0 Å². The van der Waals surface area contributed by atoms with E-state index in [1.165, 1.54) is 0 Å². The summed E-state index contributed by atoms with van der Waals surface area (Å²) in [6, 6.07) is 0. The second kappa shape index (κ2) is 214. The lowest BCUT2D eigenvalue weighted by atomic mass is 11.8. The summed E-state index contributed by atoms with van der Waals surface area (Å²) in [7, 11) is 1.00. The van der Waals surface area contributed by atoms with Crippen LogP contribution in [-0.4, -0.2) is 55.4 Å². The van der Waals surface area contributed by atoms with Gasteiger partial charge in [0.15, 0.2) is 0 Å². The third-order valence-corrected chi connectivity index (χ3v) is 0. The van der Waals surface area contributed by atoms with E-state index in [0.29, 0.717) is 0 Å². The fourth-order valence-corrected chi connectivity index (χ4v) is 0. The molecule has 11 heteroatoms. The Hall–Kier alpha value is -1.08. The average molecular weight is 203 g/mol. The summed E-state index contributed by atoms with van der Waals surface area (Å²) in [4.78, 5) is 8.36. The molecule has 0 aliphatic heterocycles. The number of hydrogen-bond acceptors (Lipinski definition) is 3. The molecule has 0 aromatic rings. The van der Waals surface area contributed by atoms with Gasteiger partial charge in [0.1, 0.15) is 0 Å². The Labute approximate surface area is 66.8 Å². The van der Waals surface area contributed by atoms with Crippen molar-refractivity contribution in [1.29, 1.82) is 0 Å². The molecule has 0 amide bonds. The zero-order valence-electron chi connectivity index (χ0n) is 6.16. The molecule has 12 heavy (non-hydrogen) atoms. The summed E-state index contributed by atoms with van der Waals surface area (Å²) >= 11 is 0. The van der Waals surface area contributed by atoms with Gasteiger partial charge in [-0.1, -0.05) is 0 Å². The first-order chi connectivity index (χ1) is 2.73. The van der Waals surface area contributed by atoms with Crippen LogP contribution in [0.5, 0.6) is 0 Å². The first-order valence-corrected chi connectivity index (χ1v) is 1.01. The van der Waals surface area contributed by atoms with Gasteiger partial charge < -0.3 is 43.2 Å². The van der Waals surface area contributed by atoms with Gasteiger partial charge in [0.2, 0.25) is 0 Å². The highest BCUT2D eigenvalue weighted by Gasteiger charge is 1.65. The van der Waals surface area contributed by atoms with Crippen LogP contribution in [0.25, 0.3) is 0 Å². The van der Waals surface area contributed by atoms with Gasteiger partial charge in [-0.2, -0.15) is 0 Å². The van der Waals surface area contributed by atoms with Crippen LogP contribution in [0, 0.1) is 10.1 Å². The van der Waals surface area contributed by atoms with E-state index in [2.05, 4.69) is 0 Å². The summed E-state index contributed by atoms with van der Waals surface area (Å²) in [5, 5.41) is 20.6. The van der Waals surface area contributed by atoms with Crippen LogP contribution in [0.3, 0.4) is 0 Å². The van der Waals surface area contributed by atoms with E-state index in [1.54, 1.807) is 0 Å². The molecule has 0 rings (SSSR count). The molecule has 0 aromatic heterocycles. The van der Waals surface area contributed by atoms with E-state index in [-0.39, 0.29) is 32.9 Å². The van der Waals surface area contributed by atoms with Crippen LogP contribution >= 0.6 is 0 Å². The molecule has 0 atom stereocenters. The zero-order chi connectivity index (χ0) is 5.58. The summed E-state index contributed by atoms with van der Waals surface area (Å²) < 4.78 is 0. The van der Waals surface area contributed by atoms with Crippen LogP contribution in [0.2, 0.25) is 0 Å². The molecule has 0 spiro atoms. The minimum atomic E-state index is -1.50. The fraction of sp³-hybridized carbons (Fsp3) is 1.00. The molecule has 0 unspecified atom stereocenters. The summed E-state index contributed by atoms with van der Waals surface area (Å²) in [6.07, 6.45) is 0. The van der Waals surface area contributed by atoms with E-state index >= 15 is 0 Å². The maximum Gasteiger partial charge on any atom is 0.291 e. The molecular weight excluding hydrogens is 186 g/mol. The normalized spacial score (nSPS) is 2.50. The highest BCUT2D eigenvalue weighted by molar-refractivity contribution is 3.83. The van der Waals surface area contributed by atoms with Crippen molar-refractivity contribution < 1.29 is 48.3 Å². The van der Waals surface area contributed by atoms with Gasteiger partial charge in [-0.05, 0) is 0 Å². The quantitative estimate of drug-likeness (QED) is 0.287. The highest BCUT2D eigenvalue weighted by atomic mass is 16.9. The molecule has 0 heterocycles. The molecule has 0 aliphatic carbocycles. The molecule has 11 nitrogen and oxygen atoms in total. The Morgan fingerprint density at radius 2 is 0.917 bits per heavy atom. The lowest BCUT2D eigenvalue weighted by Gasteiger charge is -1.56. The molecule has 0 saturated carbocycles. The smallest absolute Gasteiger partial charge is 0.291 e. The summed E-state index contributed by atoms with van der Waals surface area (Å²) in [5.74, 6) is 0. The Balaban J connectivity index is -0.00000000317. The van der Waals surface area contributed by atoms with Gasteiger partial charge in [0.05, 0.1) is 0 Å². The fourth-order valence-electron chi connectivity index (χ4n) is 0. The van der Waals surface area contributed by atoms with Crippen LogP contribution < -0.4 is 0 Å². The van der Waals surface area contributed by atoms with Crippen LogP contribution in [0.4, 0.5) is 0 Å². The van der Waals surface area contributed by atoms with Crippen molar-refractivity contribution in [1.82, 2.24) is 0 Å². The van der Waals surface area contributed by atoms with Crippen molar-refractivity contribution in [2.75, 3.05) is 7.11 Å². The lowest BCUT2D eigenvalue weighted by Crippen LogP contribution is -1.81. The number of aliphatic hydroxyl groups excluding tert-OH is 1. The molecular formula is CH17NO10. The molecule has 0 aliphatic rings. The van der Waals surface area contributed by atoms with Crippen molar-refractivity contribution in [3.05, 3.63) is 10.1 Å². The minimum absolute atomic E-state index is 0. The van der Waals surface area contributed by atoms with Crippen molar-refractivity contribution >= 4 is 0 Å². The molecule has 0 bridgehead atoms. The Morgan fingerprint density at radius 3 is 0.917 bits per heavy atom. The van der Waals surface area contributed by atoms with E-state index < -0.39 is 5.09 Å². The van der Waals surface area contributed by atoms with Gasteiger partial charge in [-0.15, -0.1) is 10.1 Å². The molecule has 0 radical (unpaired) electrons. The van der Waals surface area contributed by atoms with Crippen LogP contribution in [0.1, 0.15) is 0 Å². The van der Waals surface area contributed by atoms with Gasteiger partial charge in [-0.3, -0.25) is 0 Å². The van der Waals surface area contributed by atoms with Crippen molar-refractivity contribution in [3.63, 3.8) is 0 Å². The number of aliphatic hydroxyl groups is 1. The molecule has 0 saturated heterocycles. The van der Waals surface area contributed by atoms with Crippen molar-refractivity contribution in [2.24, 2.45) is 0 Å². The molecule has 14 N–H and O–H groups in total. The Bertz CT molecular complexity index is 32.8. The zero-order valence-corrected chi connectivity index (χ0v) is 6.16. The SMILES string of the molecule is CO.O.O.O.O.O.O.O=[N+]([O-])O. The van der Waals surface area contributed by atoms with Gasteiger partial charge in [0, 0.05) is 7.11 Å². The second-order valence-corrected chi connectivity index (χ2v) is 0.238. The Morgan fingerprint density at radius 1 is 0.917 bits per heavy atom. The third kappa shape index (κ3) is 480. The topological polar surface area (TPSA) is 273 Å². The van der Waals surface area contributed by atoms with Gasteiger partial charge in [-0.25, -0.2) is 0 Å². The monoisotopic (exact) mass is 203 g/mol. The van der Waals surface area contributed by atoms with Crippen molar-refractivity contribution in [3.8, 4) is 0 Å². The second-order valence-electron chi connectivity index (χ2n) is 0.238. The van der Waals surface area contributed by atoms with Gasteiger partial charge in [0.25, 0.3) is 5.09 Å². The molecule has 0 fully saturated rings. The largest absolute Gasteiger partial charge is 0.412 e. The Kier molecular flexibility index (Phi) is 2250. The first-order valence-electron chi connectivity index (χ1n) is 1.01. The average Bonchev–Trinajstić information content (AvgIpc) is 1.41. The van der Waals surface area contributed by atoms with E-state index in [1.807, 2.05) is 0 Å². The molecule has 0 aromatic carbocycles. The van der Waals surface area contributed by atoms with E-state index in [4.69, 9.17) is 20.4 Å².